The van der Waals surface area contributed by atoms with Crippen molar-refractivity contribution in [3.63, 3.8) is 0 Å². The van der Waals surface area contributed by atoms with E-state index in [0.717, 1.165) is 11.1 Å². The molecule has 29 heavy (non-hydrogen) atoms. The number of hydrogen-bond acceptors (Lipinski definition) is 10. The summed E-state index contributed by atoms with van der Waals surface area (Å²) in [5, 5.41) is 0. The van der Waals surface area contributed by atoms with E-state index in [0.29, 0.717) is 0 Å². The van der Waals surface area contributed by atoms with Crippen molar-refractivity contribution in [2.24, 2.45) is 11.5 Å². The molecule has 0 radical (unpaired) electrons. The third-order valence-corrected chi connectivity index (χ3v) is 3.23. The highest BCUT2D eigenvalue weighted by Gasteiger charge is 2.15. The Bertz CT molecular complexity index is 779. The van der Waals surface area contributed by atoms with Crippen molar-refractivity contribution in [2.45, 2.75) is 12.1 Å². The standard InChI is InChI=1S/2C9H11NO2.H2O4S/c2*1-12-9(11)8(10)7-5-3-2-4-6-7;1-5(2,3)4/h2*2-6,8H,10H2,1H3;(H2,1,2,3,4)/p-2/t2*8-;/m11./s1. The van der Waals surface area contributed by atoms with E-state index in [4.69, 9.17) is 29.0 Å². The number of nitrogens with two attached hydrogens (primary N) is 2. The summed E-state index contributed by atoms with van der Waals surface area (Å²) in [5.74, 6) is -0.831. The molecule has 0 aliphatic carbocycles. The van der Waals surface area contributed by atoms with Crippen LogP contribution in [0.1, 0.15) is 23.2 Å². The highest BCUT2D eigenvalue weighted by atomic mass is 32.3. The lowest BCUT2D eigenvalue weighted by Crippen LogP contribution is -2.22. The molecule has 2 rings (SSSR count). The summed E-state index contributed by atoms with van der Waals surface area (Å²) >= 11 is 0. The molecule has 0 amide bonds. The molecule has 2 atom stereocenters. The molecule has 0 unspecified atom stereocenters. The summed E-state index contributed by atoms with van der Waals surface area (Å²) in [6.45, 7) is 0. The van der Waals surface area contributed by atoms with Gasteiger partial charge in [-0.1, -0.05) is 60.7 Å². The molecule has 2 aromatic carbocycles. The first-order valence-corrected chi connectivity index (χ1v) is 9.28. The number of carbonyl (C=O) groups excluding carboxylic acids is 2. The topological polar surface area (TPSA) is 185 Å². The first kappa shape index (κ1) is 26.2. The van der Waals surface area contributed by atoms with Gasteiger partial charge in [0.15, 0.2) is 0 Å². The molecule has 0 heterocycles. The molecule has 11 heteroatoms. The van der Waals surface area contributed by atoms with Crippen LogP contribution in [0.2, 0.25) is 0 Å². The Kier molecular flexibility index (Phi) is 12.1. The van der Waals surface area contributed by atoms with E-state index in [-0.39, 0.29) is 0 Å². The summed E-state index contributed by atoms with van der Waals surface area (Å²) in [5.41, 5.74) is 12.7. The van der Waals surface area contributed by atoms with Gasteiger partial charge in [-0.25, -0.2) is 0 Å². The quantitative estimate of drug-likeness (QED) is 0.393. The van der Waals surface area contributed by atoms with Crippen LogP contribution in [0.15, 0.2) is 60.7 Å². The molecule has 0 bridgehead atoms. The average Bonchev–Trinajstić information content (AvgIpc) is 2.72. The minimum Gasteiger partial charge on any atom is -0.759 e. The van der Waals surface area contributed by atoms with Crippen molar-refractivity contribution in [3.8, 4) is 0 Å². The zero-order valence-corrected chi connectivity index (χ0v) is 16.6. The Morgan fingerprint density at radius 2 is 1.00 bits per heavy atom. The maximum atomic E-state index is 11.0. The number of ether oxygens (including phenoxy) is 2. The Balaban J connectivity index is 0.000000442. The van der Waals surface area contributed by atoms with Gasteiger partial charge in [-0.15, -0.1) is 0 Å². The highest BCUT2D eigenvalue weighted by Crippen LogP contribution is 2.10. The molecule has 0 aliphatic rings. The van der Waals surface area contributed by atoms with Gasteiger partial charge in [0.25, 0.3) is 0 Å². The summed E-state index contributed by atoms with van der Waals surface area (Å²) < 4.78 is 43.1. The monoisotopic (exact) mass is 426 g/mol. The first-order valence-electron chi connectivity index (χ1n) is 7.94. The van der Waals surface area contributed by atoms with Gasteiger partial charge < -0.3 is 30.0 Å². The van der Waals surface area contributed by atoms with E-state index in [1.54, 1.807) is 24.3 Å². The molecule has 0 saturated carbocycles. The van der Waals surface area contributed by atoms with Gasteiger partial charge in [-0.2, -0.15) is 0 Å². The maximum absolute atomic E-state index is 11.0. The van der Waals surface area contributed by atoms with Gasteiger partial charge in [-0.3, -0.25) is 18.0 Å². The van der Waals surface area contributed by atoms with Crippen LogP contribution in [-0.2, 0) is 29.5 Å². The minimum atomic E-state index is -5.17. The lowest BCUT2D eigenvalue weighted by molar-refractivity contribution is -0.143. The molecule has 2 aromatic rings. The Morgan fingerprint density at radius 3 is 1.21 bits per heavy atom. The lowest BCUT2D eigenvalue weighted by Gasteiger charge is -2.08. The van der Waals surface area contributed by atoms with Gasteiger partial charge >= 0.3 is 11.9 Å². The second-order valence-corrected chi connectivity index (χ2v) is 6.05. The van der Waals surface area contributed by atoms with Crippen molar-refractivity contribution in [1.82, 2.24) is 0 Å². The Hall–Kier alpha value is -2.83. The Labute approximate surface area is 169 Å². The highest BCUT2D eigenvalue weighted by molar-refractivity contribution is 7.79. The number of methoxy groups -OCH3 is 2. The van der Waals surface area contributed by atoms with Gasteiger partial charge in [0.2, 0.25) is 0 Å². The van der Waals surface area contributed by atoms with E-state index >= 15 is 0 Å². The fourth-order valence-corrected chi connectivity index (χ4v) is 1.85. The molecular formula is C18H22N2O8S-2. The fourth-order valence-electron chi connectivity index (χ4n) is 1.85. The van der Waals surface area contributed by atoms with Crippen molar-refractivity contribution in [3.05, 3.63) is 71.8 Å². The van der Waals surface area contributed by atoms with Crippen LogP contribution in [0.4, 0.5) is 0 Å². The van der Waals surface area contributed by atoms with E-state index in [9.17, 15) is 9.59 Å². The van der Waals surface area contributed by atoms with Gasteiger partial charge in [0.1, 0.15) is 12.1 Å². The number of hydrogen-bond donors (Lipinski definition) is 2. The third kappa shape index (κ3) is 12.3. The van der Waals surface area contributed by atoms with E-state index in [1.165, 1.54) is 14.2 Å². The molecule has 160 valence electrons. The zero-order valence-electron chi connectivity index (χ0n) is 15.8. The fraction of sp³-hybridized carbons (Fsp3) is 0.222. The molecule has 10 nitrogen and oxygen atoms in total. The summed E-state index contributed by atoms with van der Waals surface area (Å²) in [4.78, 5) is 21.9. The molecule has 0 spiro atoms. The van der Waals surface area contributed by atoms with Crippen LogP contribution in [0.25, 0.3) is 0 Å². The van der Waals surface area contributed by atoms with Gasteiger partial charge in [0.05, 0.1) is 14.2 Å². The molecule has 4 N–H and O–H groups in total. The summed E-state index contributed by atoms with van der Waals surface area (Å²) in [7, 11) is -2.52. The van der Waals surface area contributed by atoms with E-state index in [2.05, 4.69) is 9.47 Å². The van der Waals surface area contributed by atoms with Crippen LogP contribution >= 0.6 is 0 Å². The minimum absolute atomic E-state index is 0.416. The largest absolute Gasteiger partial charge is 0.759 e. The van der Waals surface area contributed by atoms with Gasteiger partial charge in [-0.05, 0) is 11.1 Å². The van der Waals surface area contributed by atoms with Crippen LogP contribution in [0, 0.1) is 0 Å². The normalized spacial score (nSPS) is 12.1. The second kappa shape index (κ2) is 13.4. The molecule has 0 fully saturated rings. The van der Waals surface area contributed by atoms with Crippen molar-refractivity contribution in [1.29, 1.82) is 0 Å². The number of rotatable bonds is 4. The summed E-state index contributed by atoms with van der Waals surface area (Å²) in [6, 6.07) is 16.9. The first-order chi connectivity index (χ1) is 13.5. The van der Waals surface area contributed by atoms with Crippen LogP contribution < -0.4 is 11.5 Å². The van der Waals surface area contributed by atoms with Crippen molar-refractivity contribution >= 4 is 22.3 Å². The average molecular weight is 426 g/mol. The third-order valence-electron chi connectivity index (χ3n) is 3.23. The van der Waals surface area contributed by atoms with Crippen LogP contribution in [-0.4, -0.2) is 43.7 Å². The number of carbonyl (C=O) groups is 2. The Morgan fingerprint density at radius 1 is 0.759 bits per heavy atom. The number of benzene rings is 2. The van der Waals surface area contributed by atoms with Crippen LogP contribution in [0.5, 0.6) is 0 Å². The second-order valence-electron chi connectivity index (χ2n) is 5.23. The lowest BCUT2D eigenvalue weighted by atomic mass is 10.1. The molecular weight excluding hydrogens is 404 g/mol. The SMILES string of the molecule is COC(=O)[C@H](N)c1ccccc1.COC(=O)[C@H](N)c1ccccc1.O=S(=O)([O-])[O-]. The molecule has 0 aromatic heterocycles. The molecule has 0 saturated heterocycles. The predicted molar refractivity (Wildman–Crippen MR) is 101 cm³/mol. The molecule has 0 aliphatic heterocycles. The number of esters is 2. The predicted octanol–water partition coefficient (Wildman–Crippen LogP) is 0.381. The van der Waals surface area contributed by atoms with Crippen molar-refractivity contribution in [2.75, 3.05) is 14.2 Å². The zero-order chi connectivity index (χ0) is 22.4. The van der Waals surface area contributed by atoms with E-state index < -0.39 is 34.4 Å². The van der Waals surface area contributed by atoms with E-state index in [1.807, 2.05) is 36.4 Å². The van der Waals surface area contributed by atoms with Crippen LogP contribution in [0.3, 0.4) is 0 Å². The maximum Gasteiger partial charge on any atom is 0.327 e. The summed E-state index contributed by atoms with van der Waals surface area (Å²) in [6.07, 6.45) is 0. The van der Waals surface area contributed by atoms with Gasteiger partial charge in [0, 0.05) is 10.4 Å². The smallest absolute Gasteiger partial charge is 0.327 e. The van der Waals surface area contributed by atoms with Crippen molar-refractivity contribution < 1.29 is 36.6 Å².